The van der Waals surface area contributed by atoms with Crippen LogP contribution in [-0.2, 0) is 17.7 Å². The minimum absolute atomic E-state index is 0.0342. The minimum atomic E-state index is -0.309. The van der Waals surface area contributed by atoms with E-state index >= 15 is 0 Å². The standard InChI is InChI=1S/C23H29N3O4/c1-15-6-7-18-19(23(15)27)12-21(30-22(18)13-24)16-8-10-25(11-9-16)14-17-4-2-3-5-20(17)26(28)29/h2-7,16,21-22,27H,8-14,24H2,1H3/t21-,22-/m0/s1. The van der Waals surface area contributed by atoms with Crippen molar-refractivity contribution in [1.29, 1.82) is 0 Å². The Balaban J connectivity index is 1.42. The number of hydrogen-bond donors (Lipinski definition) is 2. The average Bonchev–Trinajstić information content (AvgIpc) is 2.76. The highest BCUT2D eigenvalue weighted by molar-refractivity contribution is 5.47. The maximum absolute atomic E-state index is 11.3. The van der Waals surface area contributed by atoms with E-state index in [1.807, 2.05) is 31.2 Å². The van der Waals surface area contributed by atoms with Crippen LogP contribution in [0.3, 0.4) is 0 Å². The molecule has 0 aliphatic carbocycles. The van der Waals surface area contributed by atoms with E-state index in [2.05, 4.69) is 4.90 Å². The van der Waals surface area contributed by atoms with Crippen LogP contribution in [0.25, 0.3) is 0 Å². The summed E-state index contributed by atoms with van der Waals surface area (Å²) in [6.07, 6.45) is 2.48. The monoisotopic (exact) mass is 411 g/mol. The Morgan fingerprint density at radius 3 is 2.67 bits per heavy atom. The number of piperidine rings is 1. The zero-order valence-electron chi connectivity index (χ0n) is 17.3. The van der Waals surface area contributed by atoms with Crippen molar-refractivity contribution in [1.82, 2.24) is 4.90 Å². The number of likely N-dealkylation sites (tertiary alicyclic amines) is 1. The van der Waals surface area contributed by atoms with Gasteiger partial charge in [0.25, 0.3) is 5.69 Å². The first kappa shape index (κ1) is 20.8. The van der Waals surface area contributed by atoms with Gasteiger partial charge < -0.3 is 15.6 Å². The molecule has 0 saturated carbocycles. The van der Waals surface area contributed by atoms with E-state index in [4.69, 9.17) is 10.5 Å². The molecular weight excluding hydrogens is 382 g/mol. The molecule has 0 bridgehead atoms. The Kier molecular flexibility index (Phi) is 6.04. The SMILES string of the molecule is Cc1ccc2c(c1O)C[C@@H](C1CCN(Cc3ccccc3[N+](=O)[O-])CC1)O[C@H]2CN. The summed E-state index contributed by atoms with van der Waals surface area (Å²) in [7, 11) is 0. The number of nitrogens with two attached hydrogens (primary N) is 1. The maximum Gasteiger partial charge on any atom is 0.273 e. The first-order valence-electron chi connectivity index (χ1n) is 10.6. The van der Waals surface area contributed by atoms with Crippen molar-refractivity contribution in [2.45, 2.75) is 44.9 Å². The molecule has 2 aliphatic heterocycles. The number of nitrogens with zero attached hydrogens (tertiary/aromatic N) is 2. The van der Waals surface area contributed by atoms with Crippen LogP contribution in [0.1, 0.15) is 41.2 Å². The molecule has 2 aromatic rings. The lowest BCUT2D eigenvalue weighted by Crippen LogP contribution is -2.42. The van der Waals surface area contributed by atoms with E-state index < -0.39 is 0 Å². The lowest BCUT2D eigenvalue weighted by atomic mass is 9.83. The number of aryl methyl sites for hydroxylation is 1. The molecule has 1 saturated heterocycles. The molecule has 2 heterocycles. The number of phenolic OH excluding ortho intramolecular Hbond substituents is 1. The summed E-state index contributed by atoms with van der Waals surface area (Å²) < 4.78 is 6.36. The molecule has 4 rings (SSSR count). The fourth-order valence-electron chi connectivity index (χ4n) is 4.83. The van der Waals surface area contributed by atoms with Gasteiger partial charge >= 0.3 is 0 Å². The van der Waals surface area contributed by atoms with Gasteiger partial charge in [0.1, 0.15) is 5.75 Å². The normalized spacial score (nSPS) is 22.6. The van der Waals surface area contributed by atoms with Gasteiger partial charge in [0, 0.05) is 36.7 Å². The second-order valence-corrected chi connectivity index (χ2v) is 8.40. The zero-order valence-corrected chi connectivity index (χ0v) is 17.3. The van der Waals surface area contributed by atoms with E-state index in [-0.39, 0.29) is 22.8 Å². The van der Waals surface area contributed by atoms with E-state index in [1.54, 1.807) is 12.1 Å². The van der Waals surface area contributed by atoms with Crippen LogP contribution >= 0.6 is 0 Å². The number of phenols is 1. The van der Waals surface area contributed by atoms with Crippen molar-refractivity contribution < 1.29 is 14.8 Å². The second kappa shape index (κ2) is 8.71. The van der Waals surface area contributed by atoms with E-state index in [1.165, 1.54) is 0 Å². The molecule has 160 valence electrons. The third-order valence-electron chi connectivity index (χ3n) is 6.57. The van der Waals surface area contributed by atoms with Crippen LogP contribution in [0.5, 0.6) is 5.75 Å². The predicted molar refractivity (Wildman–Crippen MR) is 114 cm³/mol. The van der Waals surface area contributed by atoms with Gasteiger partial charge in [-0.1, -0.05) is 30.3 Å². The smallest absolute Gasteiger partial charge is 0.273 e. The van der Waals surface area contributed by atoms with E-state index in [0.717, 1.165) is 48.2 Å². The fourth-order valence-corrected chi connectivity index (χ4v) is 4.83. The number of nitro benzene ring substituents is 1. The number of ether oxygens (including phenoxy) is 1. The number of rotatable bonds is 5. The average molecular weight is 412 g/mol. The van der Waals surface area contributed by atoms with Gasteiger partial charge in [-0.2, -0.15) is 0 Å². The van der Waals surface area contributed by atoms with Crippen molar-refractivity contribution >= 4 is 5.69 Å². The van der Waals surface area contributed by atoms with Crippen LogP contribution in [0.15, 0.2) is 36.4 Å². The van der Waals surface area contributed by atoms with Gasteiger partial charge in [-0.15, -0.1) is 0 Å². The molecule has 0 radical (unpaired) electrons. The highest BCUT2D eigenvalue weighted by atomic mass is 16.6. The van der Waals surface area contributed by atoms with Gasteiger partial charge in [0.15, 0.2) is 0 Å². The van der Waals surface area contributed by atoms with Gasteiger partial charge in [0.2, 0.25) is 0 Å². The quantitative estimate of drug-likeness (QED) is 0.577. The number of hydrogen-bond acceptors (Lipinski definition) is 6. The number of para-hydroxylation sites is 1. The Hall–Kier alpha value is -2.48. The topological polar surface area (TPSA) is 102 Å². The summed E-state index contributed by atoms with van der Waals surface area (Å²) in [5.41, 5.74) is 9.78. The molecule has 1 fully saturated rings. The van der Waals surface area contributed by atoms with Gasteiger partial charge in [-0.05, 0) is 49.9 Å². The van der Waals surface area contributed by atoms with Crippen LogP contribution in [-0.4, -0.2) is 40.7 Å². The second-order valence-electron chi connectivity index (χ2n) is 8.40. The minimum Gasteiger partial charge on any atom is -0.507 e. The molecular formula is C23H29N3O4. The van der Waals surface area contributed by atoms with Crippen LogP contribution in [0.2, 0.25) is 0 Å². The van der Waals surface area contributed by atoms with Crippen molar-refractivity contribution in [2.75, 3.05) is 19.6 Å². The Bertz CT molecular complexity index is 925. The highest BCUT2D eigenvalue weighted by Gasteiger charge is 2.35. The molecule has 30 heavy (non-hydrogen) atoms. The molecule has 2 atom stereocenters. The summed E-state index contributed by atoms with van der Waals surface area (Å²) in [5, 5.41) is 21.9. The maximum atomic E-state index is 11.3. The van der Waals surface area contributed by atoms with Gasteiger partial charge in [-0.3, -0.25) is 15.0 Å². The Labute approximate surface area is 176 Å². The largest absolute Gasteiger partial charge is 0.507 e. The summed E-state index contributed by atoms with van der Waals surface area (Å²) in [4.78, 5) is 13.2. The summed E-state index contributed by atoms with van der Waals surface area (Å²) in [5.74, 6) is 0.752. The molecule has 7 nitrogen and oxygen atoms in total. The van der Waals surface area contributed by atoms with Crippen LogP contribution in [0.4, 0.5) is 5.69 Å². The third-order valence-corrected chi connectivity index (χ3v) is 6.57. The highest BCUT2D eigenvalue weighted by Crippen LogP contribution is 2.40. The fraction of sp³-hybridized carbons (Fsp3) is 0.478. The van der Waals surface area contributed by atoms with E-state index in [0.29, 0.717) is 31.2 Å². The Morgan fingerprint density at radius 1 is 1.23 bits per heavy atom. The van der Waals surface area contributed by atoms with Gasteiger partial charge in [-0.25, -0.2) is 0 Å². The lowest BCUT2D eigenvalue weighted by molar-refractivity contribution is -0.385. The molecule has 2 aromatic carbocycles. The van der Waals surface area contributed by atoms with Crippen molar-refractivity contribution in [2.24, 2.45) is 11.7 Å². The third kappa shape index (κ3) is 4.05. The molecule has 0 unspecified atom stereocenters. The molecule has 0 aromatic heterocycles. The molecule has 7 heteroatoms. The number of nitro groups is 1. The number of aromatic hydroxyl groups is 1. The summed E-state index contributed by atoms with van der Waals surface area (Å²) in [6.45, 7) is 4.64. The predicted octanol–water partition coefficient (Wildman–Crippen LogP) is 3.46. The lowest BCUT2D eigenvalue weighted by Gasteiger charge is -2.40. The summed E-state index contributed by atoms with van der Waals surface area (Å²) in [6, 6.07) is 10.9. The van der Waals surface area contributed by atoms with E-state index in [9.17, 15) is 15.2 Å². The van der Waals surface area contributed by atoms with Crippen molar-refractivity contribution in [3.63, 3.8) is 0 Å². The van der Waals surface area contributed by atoms with Crippen LogP contribution < -0.4 is 5.73 Å². The first-order valence-corrected chi connectivity index (χ1v) is 10.6. The number of fused-ring (bicyclic) bond motifs is 1. The molecule has 0 spiro atoms. The van der Waals surface area contributed by atoms with Crippen LogP contribution in [0, 0.1) is 23.0 Å². The Morgan fingerprint density at radius 2 is 1.97 bits per heavy atom. The van der Waals surface area contributed by atoms with Crippen molar-refractivity contribution in [3.8, 4) is 5.75 Å². The molecule has 2 aliphatic rings. The van der Waals surface area contributed by atoms with Gasteiger partial charge in [0.05, 0.1) is 17.1 Å². The first-order chi connectivity index (χ1) is 14.5. The van der Waals surface area contributed by atoms with Crippen molar-refractivity contribution in [3.05, 3.63) is 68.8 Å². The zero-order chi connectivity index (χ0) is 21.3. The summed E-state index contributed by atoms with van der Waals surface area (Å²) >= 11 is 0. The molecule has 3 N–H and O–H groups in total. The molecule has 0 amide bonds. The number of benzene rings is 2.